The maximum absolute atomic E-state index is 13.7. The third-order valence-corrected chi connectivity index (χ3v) is 10.7. The molecule has 4 bridgehead atoms. The third-order valence-electron chi connectivity index (χ3n) is 10.7. The van der Waals surface area contributed by atoms with Crippen LogP contribution in [0.15, 0.2) is 0 Å². The summed E-state index contributed by atoms with van der Waals surface area (Å²) < 4.78 is 17.6. The summed E-state index contributed by atoms with van der Waals surface area (Å²) in [4.78, 5) is 26.7. The number of fused-ring (bicyclic) bond motifs is 9. The van der Waals surface area contributed by atoms with Crippen LogP contribution in [0.1, 0.15) is 100 Å². The summed E-state index contributed by atoms with van der Waals surface area (Å²) in [6, 6.07) is 0. The molecule has 10 atom stereocenters. The minimum absolute atomic E-state index is 0.0135. The van der Waals surface area contributed by atoms with E-state index >= 15 is 0 Å². The summed E-state index contributed by atoms with van der Waals surface area (Å²) >= 11 is 0. The van der Waals surface area contributed by atoms with E-state index in [1.807, 2.05) is 13.8 Å². The summed E-state index contributed by atoms with van der Waals surface area (Å²) in [5, 5.41) is 0. The molecule has 5 saturated carbocycles. The van der Waals surface area contributed by atoms with E-state index in [0.717, 1.165) is 32.1 Å². The summed E-state index contributed by atoms with van der Waals surface area (Å²) in [5.41, 5.74) is -0.606. The second-order valence-electron chi connectivity index (χ2n) is 15.0. The molecule has 0 amide bonds. The van der Waals surface area contributed by atoms with Gasteiger partial charge in [0.05, 0.1) is 11.3 Å². The number of rotatable bonds is 7. The van der Waals surface area contributed by atoms with E-state index in [4.69, 9.17) is 14.2 Å². The smallest absolute Gasteiger partial charge is 0.313 e. The summed E-state index contributed by atoms with van der Waals surface area (Å²) in [6.45, 7) is 17.6. The number of ether oxygens (including phenoxy) is 3. The highest BCUT2D eigenvalue weighted by Gasteiger charge is 2.70. The van der Waals surface area contributed by atoms with Crippen molar-refractivity contribution in [2.24, 2.45) is 57.7 Å². The van der Waals surface area contributed by atoms with Crippen LogP contribution in [0.3, 0.4) is 0 Å². The second-order valence-corrected chi connectivity index (χ2v) is 15.0. The Hall–Kier alpha value is -1.10. The largest absolute Gasteiger partial charge is 0.459 e. The van der Waals surface area contributed by atoms with Gasteiger partial charge in [-0.2, -0.15) is 0 Å². The highest BCUT2D eigenvalue weighted by molar-refractivity contribution is 5.82. The Labute approximate surface area is 212 Å². The zero-order valence-electron chi connectivity index (χ0n) is 23.3. The first kappa shape index (κ1) is 25.5. The van der Waals surface area contributed by atoms with Crippen molar-refractivity contribution in [3.05, 3.63) is 0 Å². The van der Waals surface area contributed by atoms with Crippen LogP contribution < -0.4 is 0 Å². The average Bonchev–Trinajstić information content (AvgIpc) is 3.10. The summed E-state index contributed by atoms with van der Waals surface area (Å²) in [5.74, 6) is 3.49. The second kappa shape index (κ2) is 8.20. The van der Waals surface area contributed by atoms with Crippen molar-refractivity contribution in [2.45, 2.75) is 112 Å². The zero-order valence-corrected chi connectivity index (χ0v) is 23.3. The zero-order chi connectivity index (χ0) is 25.6. The van der Waals surface area contributed by atoms with E-state index in [-0.39, 0.29) is 39.7 Å². The van der Waals surface area contributed by atoms with Crippen molar-refractivity contribution in [1.82, 2.24) is 0 Å². The Balaban J connectivity index is 1.28. The molecule has 5 heteroatoms. The van der Waals surface area contributed by atoms with Crippen LogP contribution in [0.25, 0.3) is 0 Å². The predicted molar refractivity (Wildman–Crippen MR) is 134 cm³/mol. The lowest BCUT2D eigenvalue weighted by Gasteiger charge is -2.40. The van der Waals surface area contributed by atoms with Gasteiger partial charge in [-0.05, 0) is 112 Å². The van der Waals surface area contributed by atoms with Crippen molar-refractivity contribution in [3.8, 4) is 0 Å². The summed E-state index contributed by atoms with van der Waals surface area (Å²) in [7, 11) is 0. The lowest BCUT2D eigenvalue weighted by molar-refractivity contribution is -0.181. The van der Waals surface area contributed by atoms with E-state index in [2.05, 4.69) is 41.5 Å². The van der Waals surface area contributed by atoms with Crippen LogP contribution in [-0.2, 0) is 23.8 Å². The average molecular weight is 489 g/mol. The molecular formula is C30H48O5. The fourth-order valence-electron chi connectivity index (χ4n) is 9.68. The molecular weight excluding hydrogens is 440 g/mol. The van der Waals surface area contributed by atoms with Crippen molar-refractivity contribution < 1.29 is 23.8 Å². The minimum atomic E-state index is -0.472. The fourth-order valence-corrected chi connectivity index (χ4v) is 9.68. The van der Waals surface area contributed by atoms with Crippen molar-refractivity contribution in [2.75, 3.05) is 6.61 Å². The Morgan fingerprint density at radius 2 is 1.60 bits per heavy atom. The molecule has 35 heavy (non-hydrogen) atoms. The molecule has 0 aromatic heterocycles. The van der Waals surface area contributed by atoms with Gasteiger partial charge in [-0.3, -0.25) is 9.59 Å². The first-order valence-corrected chi connectivity index (χ1v) is 14.2. The standard InChI is InChI=1S/C30H48O5/c1-9-33-17(2)34-25(31)22-12-18-11-21(22)24-20-10-19(23(18)24)13-29(8,14-20)35-26(32)30(15-27(3,4)5)16-28(30,6)7/h17-24H,9-16H2,1-8H3. The van der Waals surface area contributed by atoms with Crippen LogP contribution in [0.5, 0.6) is 0 Å². The van der Waals surface area contributed by atoms with Crippen LogP contribution in [0.2, 0.25) is 0 Å². The Morgan fingerprint density at radius 3 is 2.17 bits per heavy atom. The van der Waals surface area contributed by atoms with E-state index in [9.17, 15) is 9.59 Å². The van der Waals surface area contributed by atoms with Gasteiger partial charge < -0.3 is 14.2 Å². The number of hydrogen-bond acceptors (Lipinski definition) is 5. The van der Waals surface area contributed by atoms with Crippen molar-refractivity contribution in [1.29, 1.82) is 0 Å². The summed E-state index contributed by atoms with van der Waals surface area (Å²) in [6.07, 6.45) is 6.65. The number of carbonyl (C=O) groups excluding carboxylic acids is 2. The van der Waals surface area contributed by atoms with Crippen LogP contribution in [-0.4, -0.2) is 30.4 Å². The molecule has 5 fully saturated rings. The Bertz CT molecular complexity index is 872. The maximum atomic E-state index is 13.7. The van der Waals surface area contributed by atoms with Gasteiger partial charge >= 0.3 is 11.9 Å². The highest BCUT2D eigenvalue weighted by Crippen LogP contribution is 2.71. The van der Waals surface area contributed by atoms with Gasteiger partial charge in [0.1, 0.15) is 5.60 Å². The molecule has 5 rings (SSSR count). The normalized spacial score (nSPS) is 45.7. The molecule has 198 valence electrons. The molecule has 0 saturated heterocycles. The molecule has 5 aliphatic carbocycles. The van der Waals surface area contributed by atoms with Crippen LogP contribution in [0.4, 0.5) is 0 Å². The van der Waals surface area contributed by atoms with Gasteiger partial charge in [0, 0.05) is 6.61 Å². The van der Waals surface area contributed by atoms with Crippen molar-refractivity contribution >= 4 is 11.9 Å². The SMILES string of the molecule is CCOC(C)OC(=O)C1CC2CC1C1C3CC(CC(C)(OC(=O)C4(CC(C)(C)C)CC4(C)C)C3)C21. The molecule has 0 radical (unpaired) electrons. The predicted octanol–water partition coefficient (Wildman–Crippen LogP) is 6.38. The molecule has 0 aromatic rings. The van der Waals surface area contributed by atoms with Crippen LogP contribution in [0, 0.1) is 57.7 Å². The quantitative estimate of drug-likeness (QED) is 0.236. The number of hydrogen-bond donors (Lipinski definition) is 0. The molecule has 0 heterocycles. The van der Waals surface area contributed by atoms with Crippen LogP contribution >= 0.6 is 0 Å². The topological polar surface area (TPSA) is 61.8 Å². The molecule has 0 spiro atoms. The lowest BCUT2D eigenvalue weighted by Crippen LogP contribution is -2.42. The molecule has 5 nitrogen and oxygen atoms in total. The first-order chi connectivity index (χ1) is 16.2. The van der Waals surface area contributed by atoms with E-state index in [0.29, 0.717) is 42.1 Å². The molecule has 0 aromatic carbocycles. The fraction of sp³-hybridized carbons (Fsp3) is 0.933. The van der Waals surface area contributed by atoms with E-state index in [1.165, 1.54) is 12.8 Å². The van der Waals surface area contributed by atoms with Gasteiger partial charge in [-0.1, -0.05) is 34.6 Å². The Morgan fingerprint density at radius 1 is 0.971 bits per heavy atom. The minimum Gasteiger partial charge on any atom is -0.459 e. The van der Waals surface area contributed by atoms with Gasteiger partial charge in [-0.15, -0.1) is 0 Å². The van der Waals surface area contributed by atoms with Gasteiger partial charge in [0.2, 0.25) is 0 Å². The van der Waals surface area contributed by atoms with Crippen molar-refractivity contribution in [3.63, 3.8) is 0 Å². The maximum Gasteiger partial charge on any atom is 0.313 e. The van der Waals surface area contributed by atoms with E-state index in [1.54, 1.807) is 0 Å². The highest BCUT2D eigenvalue weighted by atomic mass is 16.7. The number of carbonyl (C=O) groups is 2. The van der Waals surface area contributed by atoms with Gasteiger partial charge in [-0.25, -0.2) is 0 Å². The third kappa shape index (κ3) is 4.26. The molecule has 0 aliphatic heterocycles. The van der Waals surface area contributed by atoms with Gasteiger partial charge in [0.25, 0.3) is 0 Å². The monoisotopic (exact) mass is 488 g/mol. The Kier molecular flexibility index (Phi) is 5.98. The van der Waals surface area contributed by atoms with Gasteiger partial charge in [0.15, 0.2) is 6.29 Å². The number of esters is 2. The lowest BCUT2D eigenvalue weighted by atomic mass is 9.71. The molecule has 10 unspecified atom stereocenters. The molecule has 0 N–H and O–H groups in total. The molecule has 5 aliphatic rings. The van der Waals surface area contributed by atoms with E-state index < -0.39 is 6.29 Å². The first-order valence-electron chi connectivity index (χ1n) is 14.2.